The van der Waals surface area contributed by atoms with Crippen molar-refractivity contribution < 1.29 is 37.8 Å². The van der Waals surface area contributed by atoms with Crippen molar-refractivity contribution in [1.82, 2.24) is 0 Å². The van der Waals surface area contributed by atoms with Crippen molar-refractivity contribution in [1.29, 1.82) is 0 Å². The summed E-state index contributed by atoms with van der Waals surface area (Å²) in [7, 11) is 0. The van der Waals surface area contributed by atoms with E-state index in [0.717, 1.165) is 11.3 Å². The minimum atomic E-state index is -0.356. The number of aliphatic hydroxyl groups is 1. The minimum Gasteiger partial charge on any atom is -0.399 e. The van der Waals surface area contributed by atoms with Crippen molar-refractivity contribution in [2.45, 2.75) is 38.3 Å². The predicted octanol–water partition coefficient (Wildman–Crippen LogP) is 2.15. The van der Waals surface area contributed by atoms with E-state index < -0.39 is 0 Å². The van der Waals surface area contributed by atoms with Crippen LogP contribution in [0.25, 0.3) is 0 Å². The molecule has 1 aromatic rings. The molecule has 0 bridgehead atoms. The van der Waals surface area contributed by atoms with Crippen LogP contribution in [0.15, 0.2) is 18.2 Å². The van der Waals surface area contributed by atoms with Crippen LogP contribution in [0.1, 0.15) is 32.3 Å². The molecule has 15 heavy (non-hydrogen) atoms. The van der Waals surface area contributed by atoms with E-state index >= 15 is 0 Å². The molecule has 3 heteroatoms. The molecule has 1 aromatic carbocycles. The first-order valence-corrected chi connectivity index (χ1v) is 4.98. The maximum Gasteiger partial charge on any atom is 0.0725 e. The molecule has 2 rings (SSSR count). The molecule has 0 saturated carbocycles. The molecule has 1 aliphatic heterocycles. The number of hydrogen-bond donors (Lipinski definition) is 2. The van der Waals surface area contributed by atoms with E-state index in [2.05, 4.69) is 18.3 Å². The second-order valence-electron chi connectivity index (χ2n) is 4.59. The fraction of sp³-hybridized carbons (Fsp3) is 0.500. The Morgan fingerprint density at radius 3 is 2.80 bits per heavy atom. The third-order valence-corrected chi connectivity index (χ3v) is 3.06. The summed E-state index contributed by atoms with van der Waals surface area (Å²) in [5.74, 6) is 0.165. The molecule has 1 aliphatic rings. The molecule has 0 aliphatic carbocycles. The van der Waals surface area contributed by atoms with Crippen LogP contribution in [0.2, 0.25) is 0 Å². The minimum absolute atomic E-state index is 0. The van der Waals surface area contributed by atoms with Gasteiger partial charge in [-0.3, -0.25) is 0 Å². The third-order valence-electron chi connectivity index (χ3n) is 3.06. The van der Waals surface area contributed by atoms with Crippen molar-refractivity contribution in [3.8, 4) is 0 Å². The zero-order valence-corrected chi connectivity index (χ0v) is 12.2. The fourth-order valence-electron chi connectivity index (χ4n) is 2.15. The molecule has 2 N–H and O–H groups in total. The van der Waals surface area contributed by atoms with Crippen LogP contribution in [0.5, 0.6) is 0 Å². The summed E-state index contributed by atoms with van der Waals surface area (Å²) in [6.45, 7) is 6.10. The van der Waals surface area contributed by atoms with Crippen molar-refractivity contribution in [2.75, 3.05) is 5.32 Å². The normalized spacial score (nSPS) is 27.2. The van der Waals surface area contributed by atoms with Crippen LogP contribution < -0.4 is 5.32 Å². The summed E-state index contributed by atoms with van der Waals surface area (Å²) in [5.41, 5.74) is 2.01. The topological polar surface area (TPSA) is 32.3 Å². The second-order valence-corrected chi connectivity index (χ2v) is 4.59. The first kappa shape index (κ1) is 13.2. The molecular weight excluding hydrogens is 263 g/mol. The molecule has 2 atom stereocenters. The summed E-state index contributed by atoms with van der Waals surface area (Å²) in [5, 5.41) is 13.4. The Balaban J connectivity index is 0.00000112. The van der Waals surface area contributed by atoms with Crippen LogP contribution >= 0.6 is 0 Å². The zero-order chi connectivity index (χ0) is 10.3. The van der Waals surface area contributed by atoms with E-state index in [4.69, 9.17) is 0 Å². The molecule has 1 heterocycles. The SMILES string of the molecule is CC1c2c[c-]ccc2NC(C)(C)C1O.[Y]. The van der Waals surface area contributed by atoms with Crippen molar-refractivity contribution >= 4 is 5.69 Å². The van der Waals surface area contributed by atoms with Gasteiger partial charge >= 0.3 is 0 Å². The largest absolute Gasteiger partial charge is 0.399 e. The van der Waals surface area contributed by atoms with Gasteiger partial charge in [-0.05, 0) is 19.8 Å². The van der Waals surface area contributed by atoms with Crippen LogP contribution in [0.3, 0.4) is 0 Å². The second kappa shape index (κ2) is 4.52. The average molecular weight is 279 g/mol. The fourth-order valence-corrected chi connectivity index (χ4v) is 2.15. The Morgan fingerprint density at radius 1 is 1.47 bits per heavy atom. The first-order chi connectivity index (χ1) is 6.52. The van der Waals surface area contributed by atoms with E-state index in [-0.39, 0.29) is 50.3 Å². The summed E-state index contributed by atoms with van der Waals surface area (Å²) < 4.78 is 0. The van der Waals surface area contributed by atoms with Gasteiger partial charge in [-0.15, -0.1) is 11.6 Å². The van der Waals surface area contributed by atoms with E-state index in [9.17, 15) is 5.11 Å². The predicted molar refractivity (Wildman–Crippen MR) is 57.4 cm³/mol. The van der Waals surface area contributed by atoms with Crippen molar-refractivity contribution in [3.63, 3.8) is 0 Å². The molecule has 0 spiro atoms. The van der Waals surface area contributed by atoms with Crippen LogP contribution in [-0.4, -0.2) is 16.7 Å². The maximum absolute atomic E-state index is 10.1. The standard InChI is InChI=1S/C12H16NO.Y/c1-8-9-6-4-5-7-10(9)13-12(2,3)11(8)14;/h5-8,11,13-14H,1-3H3;/q-1;. The van der Waals surface area contributed by atoms with Gasteiger partial charge in [0.15, 0.2) is 0 Å². The van der Waals surface area contributed by atoms with Gasteiger partial charge in [0.05, 0.1) is 11.6 Å². The molecule has 2 unspecified atom stereocenters. The van der Waals surface area contributed by atoms with E-state index in [0.29, 0.717) is 0 Å². The molecule has 1 radical (unpaired) electrons. The summed E-state index contributed by atoms with van der Waals surface area (Å²) in [6.07, 6.45) is -0.356. The van der Waals surface area contributed by atoms with Gasteiger partial charge in [-0.1, -0.05) is 12.6 Å². The van der Waals surface area contributed by atoms with Gasteiger partial charge in [0.25, 0.3) is 0 Å². The number of aliphatic hydroxyl groups excluding tert-OH is 1. The maximum atomic E-state index is 10.1. The van der Waals surface area contributed by atoms with E-state index in [1.807, 2.05) is 32.0 Å². The Hall–Kier alpha value is 0.0839. The van der Waals surface area contributed by atoms with Crippen molar-refractivity contribution in [2.24, 2.45) is 0 Å². The molecule has 0 aromatic heterocycles. The quantitative estimate of drug-likeness (QED) is 0.713. The summed E-state index contributed by atoms with van der Waals surface area (Å²) >= 11 is 0. The average Bonchev–Trinajstić information content (AvgIpc) is 2.14. The van der Waals surface area contributed by atoms with Crippen LogP contribution in [0, 0.1) is 6.07 Å². The van der Waals surface area contributed by atoms with E-state index in [1.165, 1.54) is 0 Å². The summed E-state index contributed by atoms with van der Waals surface area (Å²) in [6, 6.07) is 8.91. The van der Waals surface area contributed by atoms with Gasteiger partial charge in [-0.25, -0.2) is 0 Å². The number of rotatable bonds is 0. The van der Waals surface area contributed by atoms with Gasteiger partial charge in [-0.2, -0.15) is 18.2 Å². The molecule has 0 amide bonds. The Bertz CT molecular complexity index is 351. The molecule has 0 fully saturated rings. The Kier molecular flexibility index (Phi) is 3.97. The summed E-state index contributed by atoms with van der Waals surface area (Å²) in [4.78, 5) is 0. The van der Waals surface area contributed by atoms with E-state index in [1.54, 1.807) is 0 Å². The van der Waals surface area contributed by atoms with Gasteiger partial charge in [0, 0.05) is 32.7 Å². The van der Waals surface area contributed by atoms with Gasteiger partial charge < -0.3 is 10.4 Å². The smallest absolute Gasteiger partial charge is 0.0725 e. The first-order valence-electron chi connectivity index (χ1n) is 4.98. The van der Waals surface area contributed by atoms with Gasteiger partial charge in [0.1, 0.15) is 0 Å². The molecule has 0 saturated heterocycles. The number of nitrogens with one attached hydrogen (secondary N) is 1. The number of benzene rings is 1. The molecule has 79 valence electrons. The Labute approximate surface area is 116 Å². The molecular formula is C12H16NOY-. The third kappa shape index (κ3) is 2.27. The van der Waals surface area contributed by atoms with Gasteiger partial charge in [0.2, 0.25) is 0 Å². The monoisotopic (exact) mass is 279 g/mol. The zero-order valence-electron chi connectivity index (χ0n) is 9.41. The van der Waals surface area contributed by atoms with Crippen LogP contribution in [0.4, 0.5) is 5.69 Å². The number of hydrogen-bond acceptors (Lipinski definition) is 2. The van der Waals surface area contributed by atoms with Crippen molar-refractivity contribution in [3.05, 3.63) is 29.8 Å². The Morgan fingerprint density at radius 2 is 2.13 bits per heavy atom. The number of anilines is 1. The molecule has 2 nitrogen and oxygen atoms in total. The van der Waals surface area contributed by atoms with Crippen LogP contribution in [-0.2, 0) is 32.7 Å². The number of fused-ring (bicyclic) bond motifs is 1.